The molecule has 0 bridgehead atoms. The number of rotatable bonds is 6. The molecule has 1 amide bonds. The first kappa shape index (κ1) is 20.3. The maximum atomic E-state index is 12.3. The van der Waals surface area contributed by atoms with Gasteiger partial charge in [-0.25, -0.2) is 0 Å². The third-order valence-corrected chi connectivity index (χ3v) is 6.04. The number of nitrogens with one attached hydrogen (secondary N) is 1. The molecule has 0 spiro atoms. The van der Waals surface area contributed by atoms with E-state index in [4.69, 9.17) is 9.26 Å². The van der Waals surface area contributed by atoms with Gasteiger partial charge in [-0.2, -0.15) is 0 Å². The lowest BCUT2D eigenvalue weighted by Crippen LogP contribution is -2.59. The lowest BCUT2D eigenvalue weighted by atomic mass is 9.57. The van der Waals surface area contributed by atoms with E-state index in [1.54, 1.807) is 0 Å². The Morgan fingerprint density at radius 2 is 2.04 bits per heavy atom. The van der Waals surface area contributed by atoms with Gasteiger partial charge >= 0.3 is 0 Å². The number of aromatic nitrogens is 1. The van der Waals surface area contributed by atoms with Gasteiger partial charge in [-0.1, -0.05) is 39.8 Å². The van der Waals surface area contributed by atoms with Crippen LogP contribution in [0.1, 0.15) is 58.9 Å². The number of carbonyl (C=O) groups excluding carboxylic acids is 1. The zero-order valence-electron chi connectivity index (χ0n) is 17.5. The molecule has 1 aliphatic carbocycles. The molecule has 152 valence electrons. The summed E-state index contributed by atoms with van der Waals surface area (Å²) in [7, 11) is 0. The quantitative estimate of drug-likeness (QED) is 0.825. The number of amides is 1. The van der Waals surface area contributed by atoms with Crippen molar-refractivity contribution in [3.8, 4) is 0 Å². The summed E-state index contributed by atoms with van der Waals surface area (Å²) < 4.78 is 10.9. The van der Waals surface area contributed by atoms with Gasteiger partial charge in [0.05, 0.1) is 25.5 Å². The van der Waals surface area contributed by atoms with Crippen molar-refractivity contribution in [2.24, 2.45) is 16.7 Å². The first-order valence-corrected chi connectivity index (χ1v) is 10.2. The van der Waals surface area contributed by atoms with Crippen LogP contribution < -0.4 is 5.32 Å². The summed E-state index contributed by atoms with van der Waals surface area (Å²) in [6.45, 7) is 15.1. The van der Waals surface area contributed by atoms with Crippen LogP contribution in [0.4, 0.5) is 0 Å². The first-order chi connectivity index (χ1) is 12.6. The molecule has 27 heavy (non-hydrogen) atoms. The fourth-order valence-corrected chi connectivity index (χ4v) is 4.09. The molecule has 1 saturated heterocycles. The fourth-order valence-electron chi connectivity index (χ4n) is 4.09. The van der Waals surface area contributed by atoms with Crippen molar-refractivity contribution >= 4 is 5.91 Å². The van der Waals surface area contributed by atoms with Crippen LogP contribution in [0.2, 0.25) is 0 Å². The highest BCUT2D eigenvalue weighted by molar-refractivity contribution is 5.77. The number of carbonyl (C=O) groups is 1. The van der Waals surface area contributed by atoms with E-state index in [0.717, 1.165) is 57.1 Å². The van der Waals surface area contributed by atoms with E-state index in [-0.39, 0.29) is 22.8 Å². The van der Waals surface area contributed by atoms with Gasteiger partial charge in [-0.15, -0.1) is 0 Å². The number of hydrogen-bond acceptors (Lipinski definition) is 5. The van der Waals surface area contributed by atoms with Crippen molar-refractivity contribution in [1.29, 1.82) is 0 Å². The molecule has 1 aromatic rings. The number of morpholine rings is 1. The van der Waals surface area contributed by atoms with Crippen LogP contribution >= 0.6 is 0 Å². The van der Waals surface area contributed by atoms with Crippen LogP contribution in [-0.2, 0) is 22.5 Å². The topological polar surface area (TPSA) is 67.6 Å². The molecule has 2 fully saturated rings. The van der Waals surface area contributed by atoms with Crippen LogP contribution in [-0.4, -0.2) is 48.3 Å². The second-order valence-corrected chi connectivity index (χ2v) is 9.99. The van der Waals surface area contributed by atoms with Crippen molar-refractivity contribution in [2.75, 3.05) is 26.3 Å². The summed E-state index contributed by atoms with van der Waals surface area (Å²) in [5, 5.41) is 7.52. The van der Waals surface area contributed by atoms with Gasteiger partial charge in [-0.3, -0.25) is 9.69 Å². The summed E-state index contributed by atoms with van der Waals surface area (Å²) in [5.74, 6) is 1.60. The number of hydrogen-bond donors (Lipinski definition) is 1. The standard InChI is InChI=1S/C21H35N3O3/c1-20(2,3)13-19(25)22-18-11-15(21(18,4)5)10-16-12-17(27-23-16)14-24-6-8-26-9-7-24/h12,15,18H,6-11,13-14H2,1-5H3,(H,22,25). The SMILES string of the molecule is CC(C)(C)CC(=O)NC1CC(Cc2cc(CN3CCOCC3)on2)C1(C)C. The van der Waals surface area contributed by atoms with Crippen LogP contribution in [0, 0.1) is 16.7 Å². The maximum Gasteiger partial charge on any atom is 0.220 e. The molecule has 1 N–H and O–H groups in total. The zero-order chi connectivity index (χ0) is 19.7. The molecule has 3 rings (SSSR count). The largest absolute Gasteiger partial charge is 0.379 e. The monoisotopic (exact) mass is 377 g/mol. The van der Waals surface area contributed by atoms with Crippen molar-refractivity contribution < 1.29 is 14.1 Å². The minimum Gasteiger partial charge on any atom is -0.379 e. The van der Waals surface area contributed by atoms with Crippen LogP contribution in [0.15, 0.2) is 10.6 Å². The molecule has 6 nitrogen and oxygen atoms in total. The highest BCUT2D eigenvalue weighted by Crippen LogP contribution is 2.47. The highest BCUT2D eigenvalue weighted by atomic mass is 16.5. The first-order valence-electron chi connectivity index (χ1n) is 10.2. The van der Waals surface area contributed by atoms with Crippen LogP contribution in [0.25, 0.3) is 0 Å². The third-order valence-electron chi connectivity index (χ3n) is 6.04. The zero-order valence-corrected chi connectivity index (χ0v) is 17.5. The Balaban J connectivity index is 1.48. The van der Waals surface area contributed by atoms with E-state index in [2.05, 4.69) is 56.1 Å². The van der Waals surface area contributed by atoms with Crippen molar-refractivity contribution in [1.82, 2.24) is 15.4 Å². The second-order valence-electron chi connectivity index (χ2n) is 9.99. The molecule has 1 aromatic heterocycles. The Kier molecular flexibility index (Phi) is 5.96. The van der Waals surface area contributed by atoms with Gasteiger partial charge in [0.25, 0.3) is 0 Å². The summed E-state index contributed by atoms with van der Waals surface area (Å²) in [6, 6.07) is 2.34. The van der Waals surface area contributed by atoms with Crippen LogP contribution in [0.5, 0.6) is 0 Å². The molecule has 1 aliphatic heterocycles. The molecule has 2 atom stereocenters. The van der Waals surface area contributed by atoms with Gasteiger partial charge in [0.2, 0.25) is 5.91 Å². The van der Waals surface area contributed by atoms with E-state index >= 15 is 0 Å². The van der Waals surface area contributed by atoms with E-state index in [1.165, 1.54) is 0 Å². The van der Waals surface area contributed by atoms with Crippen molar-refractivity contribution in [3.63, 3.8) is 0 Å². The molecule has 0 aromatic carbocycles. The Hall–Kier alpha value is -1.40. The van der Waals surface area contributed by atoms with E-state index in [9.17, 15) is 4.79 Å². The number of ether oxygens (including phenoxy) is 1. The molecular weight excluding hydrogens is 342 g/mol. The number of nitrogens with zero attached hydrogens (tertiary/aromatic N) is 2. The molecule has 6 heteroatoms. The molecule has 2 aliphatic rings. The smallest absolute Gasteiger partial charge is 0.220 e. The predicted octanol–water partition coefficient (Wildman–Crippen LogP) is 3.02. The Labute approximate surface area is 163 Å². The third kappa shape index (κ3) is 5.32. The van der Waals surface area contributed by atoms with Crippen molar-refractivity contribution in [3.05, 3.63) is 17.5 Å². The van der Waals surface area contributed by atoms with E-state index < -0.39 is 0 Å². The van der Waals surface area contributed by atoms with Gasteiger partial charge in [0, 0.05) is 31.6 Å². The summed E-state index contributed by atoms with van der Waals surface area (Å²) in [4.78, 5) is 14.6. The lowest BCUT2D eigenvalue weighted by molar-refractivity contribution is -0.127. The summed E-state index contributed by atoms with van der Waals surface area (Å²) in [5.41, 5.74) is 1.13. The Bertz CT molecular complexity index is 641. The predicted molar refractivity (Wildman–Crippen MR) is 104 cm³/mol. The minimum atomic E-state index is 0.0228. The normalized spacial score (nSPS) is 25.8. The van der Waals surface area contributed by atoms with E-state index in [1.807, 2.05) is 0 Å². The molecule has 2 heterocycles. The fraction of sp³-hybridized carbons (Fsp3) is 0.810. The minimum absolute atomic E-state index is 0.0228. The summed E-state index contributed by atoms with van der Waals surface area (Å²) >= 11 is 0. The highest BCUT2D eigenvalue weighted by Gasteiger charge is 2.48. The Morgan fingerprint density at radius 1 is 1.33 bits per heavy atom. The van der Waals surface area contributed by atoms with Gasteiger partial charge < -0.3 is 14.6 Å². The van der Waals surface area contributed by atoms with E-state index in [0.29, 0.717) is 12.3 Å². The Morgan fingerprint density at radius 3 is 2.67 bits per heavy atom. The molecule has 0 radical (unpaired) electrons. The molecular formula is C21H35N3O3. The van der Waals surface area contributed by atoms with Crippen molar-refractivity contribution in [2.45, 2.75) is 66.5 Å². The molecule has 1 saturated carbocycles. The molecule has 2 unspecified atom stereocenters. The van der Waals surface area contributed by atoms with Gasteiger partial charge in [-0.05, 0) is 29.6 Å². The average molecular weight is 378 g/mol. The average Bonchev–Trinajstić information content (AvgIpc) is 3.00. The summed E-state index contributed by atoms with van der Waals surface area (Å²) in [6.07, 6.45) is 2.48. The van der Waals surface area contributed by atoms with Gasteiger partial charge in [0.15, 0.2) is 5.76 Å². The maximum absolute atomic E-state index is 12.3. The van der Waals surface area contributed by atoms with Gasteiger partial charge in [0.1, 0.15) is 0 Å². The second kappa shape index (κ2) is 7.92. The van der Waals surface area contributed by atoms with Crippen LogP contribution in [0.3, 0.4) is 0 Å². The lowest BCUT2D eigenvalue weighted by Gasteiger charge is -2.52.